The molecule has 0 saturated carbocycles. The Hall–Kier alpha value is -2.71. The molecule has 25 heavy (non-hydrogen) atoms. The predicted molar refractivity (Wildman–Crippen MR) is 91.9 cm³/mol. The molecule has 9 heteroatoms. The summed E-state index contributed by atoms with van der Waals surface area (Å²) in [6, 6.07) is 14.4. The second kappa shape index (κ2) is 7.04. The molecule has 128 valence electrons. The zero-order valence-electron chi connectivity index (χ0n) is 12.7. The molecule has 0 aliphatic carbocycles. The molecule has 0 fully saturated rings. The van der Waals surface area contributed by atoms with Crippen LogP contribution in [0, 0.1) is 0 Å². The van der Waals surface area contributed by atoms with E-state index in [1.165, 1.54) is 24.3 Å². The summed E-state index contributed by atoms with van der Waals surface area (Å²) < 4.78 is 29.7. The molecule has 3 aromatic rings. The third-order valence-electron chi connectivity index (χ3n) is 3.19. The summed E-state index contributed by atoms with van der Waals surface area (Å²) in [6.45, 7) is 0. The van der Waals surface area contributed by atoms with Crippen molar-refractivity contribution in [2.75, 3.05) is 11.1 Å². The molecule has 1 heterocycles. The highest BCUT2D eigenvalue weighted by atomic mass is 35.5. The van der Waals surface area contributed by atoms with Gasteiger partial charge in [0.25, 0.3) is 0 Å². The topological polar surface area (TPSA) is 102 Å². The standard InChI is InChI=1S/C16H12ClN3O4S/c17-12-6-8-13(9-7-12)25(22,23)10-14(21)18-16-20-19-15(24-16)11-4-2-1-3-5-11/h1-9H,10H2,(H,18,20,21). The summed E-state index contributed by atoms with van der Waals surface area (Å²) in [5.41, 5.74) is 0.685. The van der Waals surface area contributed by atoms with Gasteiger partial charge in [-0.1, -0.05) is 34.9 Å². The van der Waals surface area contributed by atoms with Crippen molar-refractivity contribution in [2.45, 2.75) is 4.90 Å². The number of amides is 1. The van der Waals surface area contributed by atoms with Crippen molar-refractivity contribution in [1.29, 1.82) is 0 Å². The lowest BCUT2D eigenvalue weighted by atomic mass is 10.2. The average Bonchev–Trinajstić information content (AvgIpc) is 3.04. The van der Waals surface area contributed by atoms with Crippen LogP contribution < -0.4 is 5.32 Å². The van der Waals surface area contributed by atoms with Gasteiger partial charge in [-0.2, -0.15) is 0 Å². The van der Waals surface area contributed by atoms with E-state index in [-0.39, 0.29) is 16.8 Å². The highest BCUT2D eigenvalue weighted by molar-refractivity contribution is 7.92. The van der Waals surface area contributed by atoms with Gasteiger partial charge in [0.1, 0.15) is 5.75 Å². The van der Waals surface area contributed by atoms with Gasteiger partial charge in [0, 0.05) is 10.6 Å². The Bertz CT molecular complexity index is 986. The van der Waals surface area contributed by atoms with E-state index < -0.39 is 21.5 Å². The lowest BCUT2D eigenvalue weighted by molar-refractivity contribution is -0.114. The van der Waals surface area contributed by atoms with Gasteiger partial charge in [-0.15, -0.1) is 5.10 Å². The second-order valence-electron chi connectivity index (χ2n) is 5.04. The van der Waals surface area contributed by atoms with Gasteiger partial charge in [-0.25, -0.2) is 8.42 Å². The van der Waals surface area contributed by atoms with E-state index >= 15 is 0 Å². The summed E-state index contributed by atoms with van der Waals surface area (Å²) in [6.07, 6.45) is 0. The van der Waals surface area contributed by atoms with Gasteiger partial charge in [0.15, 0.2) is 9.84 Å². The molecule has 1 amide bonds. The van der Waals surface area contributed by atoms with E-state index in [9.17, 15) is 13.2 Å². The summed E-state index contributed by atoms with van der Waals surface area (Å²) in [5, 5.41) is 10.2. The number of rotatable bonds is 5. The predicted octanol–water partition coefficient (Wildman–Crippen LogP) is 2.80. The molecule has 0 unspecified atom stereocenters. The van der Waals surface area contributed by atoms with Crippen molar-refractivity contribution in [3.8, 4) is 11.5 Å². The molecule has 0 aliphatic heterocycles. The maximum atomic E-state index is 12.2. The molecule has 0 radical (unpaired) electrons. The number of sulfone groups is 1. The van der Waals surface area contributed by atoms with Gasteiger partial charge in [0.05, 0.1) is 4.90 Å². The number of halogens is 1. The first-order chi connectivity index (χ1) is 11.9. The van der Waals surface area contributed by atoms with Gasteiger partial charge in [-0.05, 0) is 36.4 Å². The molecule has 1 N–H and O–H groups in total. The molecule has 2 aromatic carbocycles. The molecule has 0 spiro atoms. The van der Waals surface area contributed by atoms with Crippen molar-refractivity contribution in [1.82, 2.24) is 10.2 Å². The number of aromatic nitrogens is 2. The van der Waals surface area contributed by atoms with Crippen molar-refractivity contribution < 1.29 is 17.6 Å². The molecule has 1 aromatic heterocycles. The maximum Gasteiger partial charge on any atom is 0.322 e. The molecule has 3 rings (SSSR count). The van der Waals surface area contributed by atoms with Crippen molar-refractivity contribution >= 4 is 33.4 Å². The number of anilines is 1. The van der Waals surface area contributed by atoms with Crippen LogP contribution in [0.1, 0.15) is 0 Å². The number of benzene rings is 2. The van der Waals surface area contributed by atoms with Crippen LogP contribution in [0.15, 0.2) is 63.9 Å². The Morgan fingerprint density at radius 3 is 2.40 bits per heavy atom. The zero-order chi connectivity index (χ0) is 17.9. The average molecular weight is 378 g/mol. The number of nitrogens with zero attached hydrogens (tertiary/aromatic N) is 2. The fourth-order valence-electron chi connectivity index (χ4n) is 2.02. The molecule has 7 nitrogen and oxygen atoms in total. The molecule has 0 atom stereocenters. The Balaban J connectivity index is 1.69. The first kappa shape index (κ1) is 17.1. The van der Waals surface area contributed by atoms with Crippen LogP contribution in [0.3, 0.4) is 0 Å². The zero-order valence-corrected chi connectivity index (χ0v) is 14.3. The van der Waals surface area contributed by atoms with Crippen molar-refractivity contribution in [2.24, 2.45) is 0 Å². The van der Waals surface area contributed by atoms with Crippen LogP contribution in [-0.4, -0.2) is 30.3 Å². The number of hydrogen-bond donors (Lipinski definition) is 1. The second-order valence-corrected chi connectivity index (χ2v) is 7.47. The highest BCUT2D eigenvalue weighted by Crippen LogP contribution is 2.19. The fraction of sp³-hybridized carbons (Fsp3) is 0.0625. The van der Waals surface area contributed by atoms with Gasteiger partial charge in [0.2, 0.25) is 11.8 Å². The van der Waals surface area contributed by atoms with E-state index in [0.717, 1.165) is 0 Å². The number of carbonyl (C=O) groups is 1. The molecule has 0 bridgehead atoms. The van der Waals surface area contributed by atoms with E-state index in [4.69, 9.17) is 16.0 Å². The summed E-state index contributed by atoms with van der Waals surface area (Å²) >= 11 is 5.73. The minimum Gasteiger partial charge on any atom is -0.403 e. The van der Waals surface area contributed by atoms with Crippen LogP contribution in [-0.2, 0) is 14.6 Å². The quantitative estimate of drug-likeness (QED) is 0.733. The fourth-order valence-corrected chi connectivity index (χ4v) is 3.29. The molecule has 0 aliphatic rings. The van der Waals surface area contributed by atoms with E-state index in [1.54, 1.807) is 24.3 Å². The largest absolute Gasteiger partial charge is 0.403 e. The van der Waals surface area contributed by atoms with E-state index in [2.05, 4.69) is 15.5 Å². The van der Waals surface area contributed by atoms with E-state index in [0.29, 0.717) is 10.6 Å². The smallest absolute Gasteiger partial charge is 0.322 e. The third kappa shape index (κ3) is 4.23. The molecular weight excluding hydrogens is 366 g/mol. The Morgan fingerprint density at radius 2 is 1.72 bits per heavy atom. The van der Waals surface area contributed by atoms with Gasteiger partial charge >= 0.3 is 6.01 Å². The SMILES string of the molecule is O=C(CS(=O)(=O)c1ccc(Cl)cc1)Nc1nnc(-c2ccccc2)o1. The monoisotopic (exact) mass is 377 g/mol. The molecular formula is C16H12ClN3O4S. The summed E-state index contributed by atoms with van der Waals surface area (Å²) in [5.74, 6) is -1.31. The highest BCUT2D eigenvalue weighted by Gasteiger charge is 2.21. The normalized spacial score (nSPS) is 11.2. The van der Waals surface area contributed by atoms with Crippen LogP contribution >= 0.6 is 11.6 Å². The first-order valence-corrected chi connectivity index (χ1v) is 9.14. The molecule has 0 saturated heterocycles. The van der Waals surface area contributed by atoms with Crippen LogP contribution in [0.4, 0.5) is 6.01 Å². The first-order valence-electron chi connectivity index (χ1n) is 7.11. The van der Waals surface area contributed by atoms with Crippen molar-refractivity contribution in [3.05, 3.63) is 59.6 Å². The number of hydrogen-bond acceptors (Lipinski definition) is 6. The minimum atomic E-state index is -3.80. The van der Waals surface area contributed by atoms with Gasteiger partial charge < -0.3 is 4.42 Å². The number of carbonyl (C=O) groups excluding carboxylic acids is 1. The minimum absolute atomic E-state index is 0.00236. The Labute approximate surface area is 148 Å². The van der Waals surface area contributed by atoms with E-state index in [1.807, 2.05) is 6.07 Å². The third-order valence-corrected chi connectivity index (χ3v) is 5.07. The van der Waals surface area contributed by atoms with Gasteiger partial charge in [-0.3, -0.25) is 10.1 Å². The van der Waals surface area contributed by atoms with Crippen molar-refractivity contribution in [3.63, 3.8) is 0 Å². The van der Waals surface area contributed by atoms with Crippen LogP contribution in [0.5, 0.6) is 0 Å². The lowest BCUT2D eigenvalue weighted by Gasteiger charge is -2.04. The Kier molecular flexibility index (Phi) is 4.82. The summed E-state index contributed by atoms with van der Waals surface area (Å²) in [4.78, 5) is 12.0. The maximum absolute atomic E-state index is 12.2. The number of nitrogens with one attached hydrogen (secondary N) is 1. The Morgan fingerprint density at radius 1 is 1.04 bits per heavy atom. The van der Waals surface area contributed by atoms with Crippen LogP contribution in [0.2, 0.25) is 5.02 Å². The van der Waals surface area contributed by atoms with Crippen LogP contribution in [0.25, 0.3) is 11.5 Å². The lowest BCUT2D eigenvalue weighted by Crippen LogP contribution is -2.23. The summed E-state index contributed by atoms with van der Waals surface area (Å²) in [7, 11) is -3.80.